The minimum atomic E-state index is 0.334. The zero-order valence-electron chi connectivity index (χ0n) is 17.7. The molecule has 0 saturated carbocycles. The molecule has 4 aromatic rings. The van der Waals surface area contributed by atoms with Gasteiger partial charge in [0.2, 0.25) is 0 Å². The van der Waals surface area contributed by atoms with Gasteiger partial charge in [-0.3, -0.25) is 4.98 Å². The molecule has 0 fully saturated rings. The van der Waals surface area contributed by atoms with Crippen LogP contribution < -0.4 is 10.2 Å². The lowest BCUT2D eigenvalue weighted by Crippen LogP contribution is -2.25. The first-order chi connectivity index (χ1) is 15.2. The van der Waals surface area contributed by atoms with Gasteiger partial charge in [0.15, 0.2) is 0 Å². The maximum absolute atomic E-state index is 10.9. The van der Waals surface area contributed by atoms with Gasteiger partial charge in [0.1, 0.15) is 17.9 Å². The Morgan fingerprint density at radius 3 is 2.52 bits per heavy atom. The lowest BCUT2D eigenvalue weighted by molar-refractivity contribution is -0.106. The highest BCUT2D eigenvalue weighted by Crippen LogP contribution is 2.25. The van der Waals surface area contributed by atoms with E-state index in [4.69, 9.17) is 0 Å². The molecule has 4 rings (SSSR count). The molecule has 3 heterocycles. The quantitative estimate of drug-likeness (QED) is 0.426. The van der Waals surface area contributed by atoms with E-state index in [1.165, 1.54) is 16.7 Å². The maximum atomic E-state index is 10.9. The van der Waals surface area contributed by atoms with Gasteiger partial charge in [-0.2, -0.15) is 0 Å². The molecular formula is C25H25N5O. The molecule has 31 heavy (non-hydrogen) atoms. The summed E-state index contributed by atoms with van der Waals surface area (Å²) in [6.07, 6.45) is 6.35. The molecule has 0 radical (unpaired) electrons. The second-order valence-electron chi connectivity index (χ2n) is 7.36. The van der Waals surface area contributed by atoms with E-state index in [0.717, 1.165) is 40.9 Å². The Kier molecular flexibility index (Phi) is 6.17. The van der Waals surface area contributed by atoms with Crippen LogP contribution in [0.1, 0.15) is 18.2 Å². The predicted octanol–water partition coefficient (Wildman–Crippen LogP) is 4.64. The Hall–Kier alpha value is -3.80. The molecule has 0 amide bonds. The largest absolute Gasteiger partial charge is 0.365 e. The van der Waals surface area contributed by atoms with E-state index in [2.05, 4.69) is 50.6 Å². The van der Waals surface area contributed by atoms with Gasteiger partial charge in [-0.25, -0.2) is 9.97 Å². The van der Waals surface area contributed by atoms with Crippen LogP contribution in [0.2, 0.25) is 0 Å². The Morgan fingerprint density at radius 2 is 1.77 bits per heavy atom. The SMILES string of the molecule is CCN(CC=O)c1cc2ccnc(NCc3ccc(-c4ccnc(C)c4)cc3)c2cn1. The van der Waals surface area contributed by atoms with Crippen molar-refractivity contribution in [3.8, 4) is 11.1 Å². The first-order valence-corrected chi connectivity index (χ1v) is 10.4. The molecule has 6 nitrogen and oxygen atoms in total. The summed E-state index contributed by atoms with van der Waals surface area (Å²) in [6.45, 7) is 5.73. The number of aromatic nitrogens is 3. The monoisotopic (exact) mass is 411 g/mol. The van der Waals surface area contributed by atoms with Gasteiger partial charge in [0.05, 0.1) is 6.54 Å². The fourth-order valence-corrected chi connectivity index (χ4v) is 3.57. The fraction of sp³-hybridized carbons (Fsp3) is 0.200. The van der Waals surface area contributed by atoms with E-state index >= 15 is 0 Å². The number of aldehydes is 1. The van der Waals surface area contributed by atoms with Gasteiger partial charge in [0.25, 0.3) is 0 Å². The van der Waals surface area contributed by atoms with Gasteiger partial charge < -0.3 is 15.0 Å². The van der Waals surface area contributed by atoms with E-state index < -0.39 is 0 Å². The third kappa shape index (κ3) is 4.69. The molecule has 0 unspecified atom stereocenters. The number of aryl methyl sites for hydroxylation is 1. The molecule has 1 N–H and O–H groups in total. The van der Waals surface area contributed by atoms with E-state index in [0.29, 0.717) is 13.1 Å². The van der Waals surface area contributed by atoms with Crippen molar-refractivity contribution in [2.75, 3.05) is 23.3 Å². The lowest BCUT2D eigenvalue weighted by Gasteiger charge is -2.19. The number of pyridine rings is 3. The zero-order chi connectivity index (χ0) is 21.6. The van der Waals surface area contributed by atoms with Crippen LogP contribution in [0.3, 0.4) is 0 Å². The molecule has 0 saturated heterocycles. The first-order valence-electron chi connectivity index (χ1n) is 10.4. The molecule has 3 aromatic heterocycles. The molecule has 0 bridgehead atoms. The van der Waals surface area contributed by atoms with Gasteiger partial charge in [-0.15, -0.1) is 0 Å². The van der Waals surface area contributed by atoms with Gasteiger partial charge in [-0.1, -0.05) is 24.3 Å². The molecule has 0 aliphatic carbocycles. The fourth-order valence-electron chi connectivity index (χ4n) is 3.57. The molecule has 0 spiro atoms. The standard InChI is InChI=1S/C25H25N5O/c1-3-30(12-13-31)24-15-22-9-11-27-25(23(22)17-28-24)29-16-19-4-6-20(7-5-19)21-8-10-26-18(2)14-21/h4-11,13-15,17H,3,12,16H2,1-2H3,(H,27,29). The summed E-state index contributed by atoms with van der Waals surface area (Å²) in [6, 6.07) is 16.6. The van der Waals surface area contributed by atoms with Crippen molar-refractivity contribution >= 4 is 28.7 Å². The van der Waals surface area contributed by atoms with Crippen LogP contribution in [-0.2, 0) is 11.3 Å². The van der Waals surface area contributed by atoms with E-state index in [1.54, 1.807) is 6.20 Å². The third-order valence-corrected chi connectivity index (χ3v) is 5.28. The summed E-state index contributed by atoms with van der Waals surface area (Å²) >= 11 is 0. The molecule has 0 atom stereocenters. The van der Waals surface area contributed by atoms with Crippen LogP contribution in [0.4, 0.5) is 11.6 Å². The van der Waals surface area contributed by atoms with Crippen molar-refractivity contribution in [1.29, 1.82) is 0 Å². The maximum Gasteiger partial charge on any atom is 0.139 e. The Labute approximate surface area is 182 Å². The topological polar surface area (TPSA) is 71.0 Å². The minimum Gasteiger partial charge on any atom is -0.365 e. The molecule has 1 aromatic carbocycles. The average Bonchev–Trinajstić information content (AvgIpc) is 2.81. The van der Waals surface area contributed by atoms with Gasteiger partial charge >= 0.3 is 0 Å². The number of nitrogens with one attached hydrogen (secondary N) is 1. The third-order valence-electron chi connectivity index (χ3n) is 5.28. The number of fused-ring (bicyclic) bond motifs is 1. The van der Waals surface area contributed by atoms with Crippen molar-refractivity contribution in [1.82, 2.24) is 15.0 Å². The number of nitrogens with zero attached hydrogens (tertiary/aromatic N) is 4. The highest BCUT2D eigenvalue weighted by atomic mass is 16.1. The smallest absolute Gasteiger partial charge is 0.139 e. The molecule has 0 aliphatic rings. The average molecular weight is 412 g/mol. The molecule has 156 valence electrons. The number of hydrogen-bond donors (Lipinski definition) is 1. The van der Waals surface area contributed by atoms with Crippen molar-refractivity contribution in [3.63, 3.8) is 0 Å². The van der Waals surface area contributed by atoms with Crippen LogP contribution in [0.5, 0.6) is 0 Å². The number of benzene rings is 1. The van der Waals surface area contributed by atoms with Crippen LogP contribution in [0.25, 0.3) is 21.9 Å². The summed E-state index contributed by atoms with van der Waals surface area (Å²) in [5.74, 6) is 1.59. The van der Waals surface area contributed by atoms with E-state index in [1.807, 2.05) is 49.3 Å². The van der Waals surface area contributed by atoms with Crippen molar-refractivity contribution in [2.45, 2.75) is 20.4 Å². The first kappa shape index (κ1) is 20.5. The normalized spacial score (nSPS) is 10.8. The predicted molar refractivity (Wildman–Crippen MR) is 125 cm³/mol. The summed E-state index contributed by atoms with van der Waals surface area (Å²) < 4.78 is 0. The number of anilines is 2. The second-order valence-corrected chi connectivity index (χ2v) is 7.36. The van der Waals surface area contributed by atoms with E-state index in [-0.39, 0.29) is 0 Å². The van der Waals surface area contributed by atoms with Crippen LogP contribution >= 0.6 is 0 Å². The number of carbonyl (C=O) groups is 1. The summed E-state index contributed by atoms with van der Waals surface area (Å²) in [7, 11) is 0. The summed E-state index contributed by atoms with van der Waals surface area (Å²) in [4.78, 5) is 26.2. The molecule has 6 heteroatoms. The second kappa shape index (κ2) is 9.34. The minimum absolute atomic E-state index is 0.334. The summed E-state index contributed by atoms with van der Waals surface area (Å²) in [5.41, 5.74) is 4.52. The highest BCUT2D eigenvalue weighted by molar-refractivity contribution is 5.92. The number of hydrogen-bond acceptors (Lipinski definition) is 6. The highest BCUT2D eigenvalue weighted by Gasteiger charge is 2.09. The van der Waals surface area contributed by atoms with Crippen molar-refractivity contribution in [2.24, 2.45) is 0 Å². The van der Waals surface area contributed by atoms with Gasteiger partial charge in [-0.05, 0) is 60.2 Å². The van der Waals surface area contributed by atoms with Crippen LogP contribution in [0, 0.1) is 6.92 Å². The van der Waals surface area contributed by atoms with Crippen molar-refractivity contribution in [3.05, 3.63) is 78.4 Å². The lowest BCUT2D eigenvalue weighted by atomic mass is 10.0. The van der Waals surface area contributed by atoms with Gasteiger partial charge in [0, 0.05) is 42.8 Å². The van der Waals surface area contributed by atoms with Crippen LogP contribution in [0.15, 0.2) is 67.1 Å². The Bertz CT molecular complexity index is 1190. The Morgan fingerprint density at radius 1 is 0.968 bits per heavy atom. The van der Waals surface area contributed by atoms with E-state index in [9.17, 15) is 4.79 Å². The molecule has 0 aliphatic heterocycles. The number of carbonyl (C=O) groups excluding carboxylic acids is 1. The number of likely N-dealkylation sites (N-methyl/N-ethyl adjacent to an activating group) is 1. The molecular weight excluding hydrogens is 386 g/mol. The zero-order valence-corrected chi connectivity index (χ0v) is 17.7. The Balaban J connectivity index is 1.50. The number of rotatable bonds is 8. The van der Waals surface area contributed by atoms with Crippen molar-refractivity contribution < 1.29 is 4.79 Å². The van der Waals surface area contributed by atoms with Crippen LogP contribution in [-0.4, -0.2) is 34.3 Å². The summed E-state index contributed by atoms with van der Waals surface area (Å²) in [5, 5.41) is 5.42.